The zero-order valence-electron chi connectivity index (χ0n) is 8.08. The number of benzene rings is 1. The molecule has 0 amide bonds. The summed E-state index contributed by atoms with van der Waals surface area (Å²) >= 11 is 17.1. The first-order valence-electron chi connectivity index (χ1n) is 3.83. The third-order valence-electron chi connectivity index (χ3n) is 1.54. The predicted octanol–water partition coefficient (Wildman–Crippen LogP) is 1.60. The van der Waals surface area contributed by atoms with Gasteiger partial charge in [0.05, 0.1) is 15.1 Å². The van der Waals surface area contributed by atoms with Crippen LogP contribution in [0.15, 0.2) is 6.07 Å². The topological polar surface area (TPSA) is 127 Å². The minimum atomic E-state index is -1.82. The lowest BCUT2D eigenvalue weighted by atomic mass is 10.5. The molecule has 0 aliphatic heterocycles. The standard InChI is InChI=1S/C6HCl3.C2H2O4.H4N2/c7-4-2-1-3(2)5(8)6(4)9;3-1(4)2(5)6;1-2/h1H;(H,3,4)(H,5,6);1-2H2. The molecule has 0 aromatic heterocycles. The molecule has 0 aromatic rings. The number of carboxylic acid groups (broad SMARTS) is 2. The van der Waals surface area contributed by atoms with Crippen molar-refractivity contribution in [3.63, 3.8) is 0 Å². The number of carboxylic acids is 2. The van der Waals surface area contributed by atoms with Gasteiger partial charge in [-0.25, -0.2) is 9.59 Å². The van der Waals surface area contributed by atoms with E-state index in [4.69, 9.17) is 54.6 Å². The monoisotopic (exact) mass is 300 g/mol. The lowest BCUT2D eigenvalue weighted by molar-refractivity contribution is -0.159. The third kappa shape index (κ3) is 4.03. The van der Waals surface area contributed by atoms with Gasteiger partial charge in [-0.2, -0.15) is 0 Å². The second kappa shape index (κ2) is 6.63. The van der Waals surface area contributed by atoms with E-state index in [1.54, 1.807) is 0 Å². The molecule has 0 heterocycles. The van der Waals surface area contributed by atoms with Crippen LogP contribution in [0, 0.1) is 0 Å². The van der Waals surface area contributed by atoms with Crippen molar-refractivity contribution in [2.45, 2.75) is 0 Å². The molecule has 0 spiro atoms. The first-order chi connectivity index (χ1) is 7.86. The second-order valence-electron chi connectivity index (χ2n) is 2.52. The lowest BCUT2D eigenvalue weighted by Gasteiger charge is -1.82. The molecule has 0 saturated heterocycles. The number of hydrazine groups is 1. The summed E-state index contributed by atoms with van der Waals surface area (Å²) in [6.45, 7) is 0. The molecule has 0 aromatic carbocycles. The van der Waals surface area contributed by atoms with Crippen LogP contribution in [-0.4, -0.2) is 22.2 Å². The van der Waals surface area contributed by atoms with E-state index in [0.717, 1.165) is 11.1 Å². The molecule has 6 N–H and O–H groups in total. The maximum atomic E-state index is 9.10. The Kier molecular flexibility index (Phi) is 6.22. The maximum Gasteiger partial charge on any atom is 0.414 e. The minimum absolute atomic E-state index is 0.492. The molecule has 0 saturated carbocycles. The molecule has 94 valence electrons. The Morgan fingerprint density at radius 2 is 1.18 bits per heavy atom. The van der Waals surface area contributed by atoms with E-state index in [1.165, 1.54) is 0 Å². The zero-order chi connectivity index (χ0) is 13.7. The van der Waals surface area contributed by atoms with Crippen molar-refractivity contribution in [1.82, 2.24) is 0 Å². The second-order valence-corrected chi connectivity index (χ2v) is 3.66. The van der Waals surface area contributed by atoms with Crippen molar-refractivity contribution in [1.29, 1.82) is 0 Å². The molecule has 2 aliphatic carbocycles. The Morgan fingerprint density at radius 1 is 0.882 bits per heavy atom. The average molecular weight is 302 g/mol. The maximum absolute atomic E-state index is 9.10. The summed E-state index contributed by atoms with van der Waals surface area (Å²) in [7, 11) is 0. The minimum Gasteiger partial charge on any atom is -0.473 e. The highest BCUT2D eigenvalue weighted by Crippen LogP contribution is 2.53. The third-order valence-corrected chi connectivity index (χ3v) is 2.89. The fourth-order valence-electron chi connectivity index (χ4n) is 0.804. The summed E-state index contributed by atoms with van der Waals surface area (Å²) in [5, 5.41) is 16.5. The Morgan fingerprint density at radius 3 is 1.29 bits per heavy atom. The van der Waals surface area contributed by atoms with Crippen LogP contribution in [0.1, 0.15) is 0 Å². The van der Waals surface area contributed by atoms with Gasteiger partial charge in [-0.15, -0.1) is 0 Å². The van der Waals surface area contributed by atoms with E-state index < -0.39 is 11.9 Å². The van der Waals surface area contributed by atoms with Gasteiger partial charge in [-0.05, 0) is 6.07 Å². The number of nitrogens with two attached hydrogens (primary N) is 2. The van der Waals surface area contributed by atoms with E-state index in [-0.39, 0.29) is 0 Å². The normalized spacial score (nSPS) is 9.24. The number of halogens is 3. The van der Waals surface area contributed by atoms with Crippen molar-refractivity contribution in [3.05, 3.63) is 21.1 Å². The van der Waals surface area contributed by atoms with Gasteiger partial charge in [-0.3, -0.25) is 11.7 Å². The lowest BCUT2D eigenvalue weighted by Crippen LogP contribution is -2.09. The smallest absolute Gasteiger partial charge is 0.414 e. The largest absolute Gasteiger partial charge is 0.473 e. The van der Waals surface area contributed by atoms with E-state index in [1.807, 2.05) is 6.07 Å². The highest BCUT2D eigenvalue weighted by Gasteiger charge is 2.26. The highest BCUT2D eigenvalue weighted by atomic mass is 35.5. The Hall–Kier alpha value is -1.05. The molecule has 0 radical (unpaired) electrons. The number of hydrogen-bond acceptors (Lipinski definition) is 4. The Bertz CT molecular complexity index is 426. The van der Waals surface area contributed by atoms with Crippen LogP contribution in [-0.2, 0) is 9.59 Å². The van der Waals surface area contributed by atoms with Crippen molar-refractivity contribution >= 4 is 46.7 Å². The van der Waals surface area contributed by atoms with Gasteiger partial charge < -0.3 is 10.2 Å². The number of rotatable bonds is 0. The number of aliphatic carboxylic acids is 2. The molecule has 0 atom stereocenters. The van der Waals surface area contributed by atoms with E-state index in [2.05, 4.69) is 11.7 Å². The Labute approximate surface area is 111 Å². The van der Waals surface area contributed by atoms with Gasteiger partial charge >= 0.3 is 11.9 Å². The van der Waals surface area contributed by atoms with Crippen LogP contribution in [0.2, 0.25) is 15.1 Å². The van der Waals surface area contributed by atoms with E-state index in [0.29, 0.717) is 15.1 Å². The van der Waals surface area contributed by atoms with Gasteiger partial charge in [0, 0.05) is 11.1 Å². The van der Waals surface area contributed by atoms with Crippen LogP contribution >= 0.6 is 34.8 Å². The Balaban J connectivity index is 0.000000283. The molecule has 0 bridgehead atoms. The van der Waals surface area contributed by atoms with Crippen molar-refractivity contribution in [3.8, 4) is 11.1 Å². The summed E-state index contributed by atoms with van der Waals surface area (Å²) in [4.78, 5) is 18.2. The molecular weight excluding hydrogens is 294 g/mol. The molecule has 0 unspecified atom stereocenters. The van der Waals surface area contributed by atoms with E-state index >= 15 is 0 Å². The highest BCUT2D eigenvalue weighted by molar-refractivity contribution is 6.53. The summed E-state index contributed by atoms with van der Waals surface area (Å²) in [6.07, 6.45) is 0. The van der Waals surface area contributed by atoms with Gasteiger partial charge in [0.25, 0.3) is 0 Å². The summed E-state index contributed by atoms with van der Waals surface area (Å²) in [5.74, 6) is 4.35. The number of fused-ring (bicyclic) bond motifs is 1. The summed E-state index contributed by atoms with van der Waals surface area (Å²) in [6, 6.07) is 1.91. The molecule has 17 heavy (non-hydrogen) atoms. The molecule has 0 fully saturated rings. The SMILES string of the molecule is Clc1c2cc-2c(Cl)c1Cl.NN.O=C(O)C(=O)O. The van der Waals surface area contributed by atoms with E-state index in [9.17, 15) is 0 Å². The van der Waals surface area contributed by atoms with Crippen molar-refractivity contribution < 1.29 is 19.8 Å². The quantitative estimate of drug-likeness (QED) is 0.253. The molecule has 6 nitrogen and oxygen atoms in total. The van der Waals surface area contributed by atoms with Gasteiger partial charge in [0.1, 0.15) is 0 Å². The van der Waals surface area contributed by atoms with Crippen LogP contribution < -0.4 is 11.7 Å². The van der Waals surface area contributed by atoms with Gasteiger partial charge in [0.15, 0.2) is 0 Å². The van der Waals surface area contributed by atoms with Crippen LogP contribution in [0.3, 0.4) is 0 Å². The summed E-state index contributed by atoms with van der Waals surface area (Å²) in [5.41, 5.74) is 2.01. The first-order valence-corrected chi connectivity index (χ1v) is 4.97. The predicted molar refractivity (Wildman–Crippen MR) is 64.1 cm³/mol. The molecular formula is C8H7Cl3N2O4. The fourth-order valence-corrected chi connectivity index (χ4v) is 1.56. The van der Waals surface area contributed by atoms with Gasteiger partial charge in [0.2, 0.25) is 0 Å². The van der Waals surface area contributed by atoms with Crippen molar-refractivity contribution in [2.24, 2.45) is 11.7 Å². The van der Waals surface area contributed by atoms with Gasteiger partial charge in [-0.1, -0.05) is 34.8 Å². The number of hydrogen-bond donors (Lipinski definition) is 4. The fraction of sp³-hybridized carbons (Fsp3) is 0. The average Bonchev–Trinajstić information content (AvgIpc) is 3.05. The number of carbonyl (C=O) groups is 2. The first kappa shape index (κ1) is 16.0. The zero-order valence-corrected chi connectivity index (χ0v) is 10.3. The van der Waals surface area contributed by atoms with Crippen molar-refractivity contribution in [2.75, 3.05) is 0 Å². The molecule has 9 heteroatoms. The van der Waals surface area contributed by atoms with Crippen LogP contribution in [0.5, 0.6) is 0 Å². The van der Waals surface area contributed by atoms with Crippen LogP contribution in [0.25, 0.3) is 11.1 Å². The summed E-state index contributed by atoms with van der Waals surface area (Å²) < 4.78 is 0. The molecule has 2 rings (SSSR count). The van der Waals surface area contributed by atoms with Crippen LogP contribution in [0.4, 0.5) is 0 Å². The molecule has 2 aliphatic rings.